The second kappa shape index (κ2) is 5.26. The van der Waals surface area contributed by atoms with Gasteiger partial charge in [-0.15, -0.1) is 0 Å². The van der Waals surface area contributed by atoms with E-state index in [4.69, 9.17) is 10.5 Å². The summed E-state index contributed by atoms with van der Waals surface area (Å²) in [7, 11) is 0. The lowest BCUT2D eigenvalue weighted by molar-refractivity contribution is -0.184. The van der Waals surface area contributed by atoms with Crippen molar-refractivity contribution in [3.63, 3.8) is 0 Å². The van der Waals surface area contributed by atoms with Gasteiger partial charge in [0, 0.05) is 0 Å². The molecule has 0 bridgehead atoms. The van der Waals surface area contributed by atoms with Gasteiger partial charge in [0.25, 0.3) is 0 Å². The third-order valence-corrected chi connectivity index (χ3v) is 3.50. The molecule has 1 fully saturated rings. The van der Waals surface area contributed by atoms with Gasteiger partial charge < -0.3 is 15.6 Å². The number of carboxylic acid groups (broad SMARTS) is 1. The van der Waals surface area contributed by atoms with E-state index in [1.807, 2.05) is 0 Å². The second-order valence-corrected chi connectivity index (χ2v) is 5.96. The van der Waals surface area contributed by atoms with Gasteiger partial charge in [0.1, 0.15) is 5.60 Å². The van der Waals surface area contributed by atoms with E-state index in [-0.39, 0.29) is 12.5 Å². The summed E-state index contributed by atoms with van der Waals surface area (Å²) in [5, 5.41) is 9.50. The van der Waals surface area contributed by atoms with Crippen molar-refractivity contribution in [2.24, 2.45) is 17.1 Å². The Balaban J connectivity index is 3.05. The summed E-state index contributed by atoms with van der Waals surface area (Å²) in [6.07, 6.45) is 2.63. The summed E-state index contributed by atoms with van der Waals surface area (Å²) in [5.41, 5.74) is 3.50. The maximum absolute atomic E-state index is 12.3. The molecule has 0 radical (unpaired) electrons. The largest absolute Gasteiger partial charge is 0.480 e. The maximum Gasteiger partial charge on any atom is 0.324 e. The highest BCUT2D eigenvalue weighted by Gasteiger charge is 2.54. The molecule has 0 aromatic rings. The molecule has 2 unspecified atom stereocenters. The molecule has 1 aliphatic carbocycles. The van der Waals surface area contributed by atoms with Crippen molar-refractivity contribution >= 4 is 11.9 Å². The molecule has 5 nitrogen and oxygen atoms in total. The zero-order valence-corrected chi connectivity index (χ0v) is 11.4. The van der Waals surface area contributed by atoms with Gasteiger partial charge in [-0.1, -0.05) is 12.8 Å². The molecule has 0 aromatic carbocycles. The van der Waals surface area contributed by atoms with Crippen LogP contribution in [0.5, 0.6) is 0 Å². The molecule has 0 aliphatic heterocycles. The van der Waals surface area contributed by atoms with Crippen LogP contribution >= 0.6 is 0 Å². The Morgan fingerprint density at radius 3 is 2.44 bits per heavy atom. The third kappa shape index (κ3) is 2.83. The lowest BCUT2D eigenvalue weighted by Gasteiger charge is -2.39. The highest BCUT2D eigenvalue weighted by Crippen LogP contribution is 2.43. The highest BCUT2D eigenvalue weighted by atomic mass is 16.6. The standard InChI is InChI=1S/C13H23NO4/c1-12(2,3)18-11(17)13(10(15)16)7-5-4-6-9(13)8-14/h9H,4-8,14H2,1-3H3,(H,15,16). The van der Waals surface area contributed by atoms with Crippen LogP contribution in [0.3, 0.4) is 0 Å². The Kier molecular flexibility index (Phi) is 4.37. The van der Waals surface area contributed by atoms with Gasteiger partial charge in [-0.2, -0.15) is 0 Å². The zero-order chi connectivity index (χ0) is 14.0. The number of rotatable bonds is 3. The number of aliphatic carboxylic acids is 1. The summed E-state index contributed by atoms with van der Waals surface area (Å²) < 4.78 is 5.30. The summed E-state index contributed by atoms with van der Waals surface area (Å²) in [6.45, 7) is 5.41. The number of hydrogen-bond donors (Lipinski definition) is 2. The van der Waals surface area contributed by atoms with Crippen LogP contribution in [-0.4, -0.2) is 29.2 Å². The van der Waals surface area contributed by atoms with E-state index in [0.717, 1.165) is 12.8 Å². The molecule has 0 amide bonds. The summed E-state index contributed by atoms with van der Waals surface area (Å²) in [5.74, 6) is -2.08. The van der Waals surface area contributed by atoms with Gasteiger partial charge in [0.15, 0.2) is 5.41 Å². The van der Waals surface area contributed by atoms with Crippen LogP contribution in [0.25, 0.3) is 0 Å². The fourth-order valence-corrected chi connectivity index (χ4v) is 2.57. The number of carbonyl (C=O) groups is 2. The van der Waals surface area contributed by atoms with Gasteiger partial charge in [-0.05, 0) is 46.1 Å². The van der Waals surface area contributed by atoms with Crippen molar-refractivity contribution in [1.29, 1.82) is 0 Å². The average molecular weight is 257 g/mol. The fourth-order valence-electron chi connectivity index (χ4n) is 2.57. The van der Waals surface area contributed by atoms with Crippen molar-refractivity contribution in [1.82, 2.24) is 0 Å². The van der Waals surface area contributed by atoms with E-state index >= 15 is 0 Å². The average Bonchev–Trinajstić information content (AvgIpc) is 2.25. The first-order chi connectivity index (χ1) is 8.24. The van der Waals surface area contributed by atoms with Crippen LogP contribution in [0.4, 0.5) is 0 Å². The van der Waals surface area contributed by atoms with Crippen LogP contribution in [0, 0.1) is 11.3 Å². The second-order valence-electron chi connectivity index (χ2n) is 5.96. The Morgan fingerprint density at radius 2 is 2.00 bits per heavy atom. The number of carbonyl (C=O) groups excluding carboxylic acids is 1. The third-order valence-electron chi connectivity index (χ3n) is 3.50. The van der Waals surface area contributed by atoms with Gasteiger partial charge in [-0.3, -0.25) is 9.59 Å². The number of hydrogen-bond acceptors (Lipinski definition) is 4. The normalized spacial score (nSPS) is 28.8. The molecule has 0 spiro atoms. The van der Waals surface area contributed by atoms with Crippen LogP contribution in [0.2, 0.25) is 0 Å². The molecule has 1 saturated carbocycles. The summed E-state index contributed by atoms with van der Waals surface area (Å²) in [6, 6.07) is 0. The van der Waals surface area contributed by atoms with Crippen molar-refractivity contribution in [2.75, 3.05) is 6.54 Å². The van der Waals surface area contributed by atoms with Crippen LogP contribution in [-0.2, 0) is 14.3 Å². The quantitative estimate of drug-likeness (QED) is 0.591. The first kappa shape index (κ1) is 15.0. The predicted molar refractivity (Wildman–Crippen MR) is 66.9 cm³/mol. The van der Waals surface area contributed by atoms with E-state index in [1.165, 1.54) is 0 Å². The Hall–Kier alpha value is -1.10. The molecule has 5 heteroatoms. The predicted octanol–water partition coefficient (Wildman–Crippen LogP) is 1.55. The van der Waals surface area contributed by atoms with E-state index < -0.39 is 23.0 Å². The van der Waals surface area contributed by atoms with E-state index in [9.17, 15) is 14.7 Å². The SMILES string of the molecule is CC(C)(C)OC(=O)C1(C(=O)O)CCCCC1CN. The van der Waals surface area contributed by atoms with Crippen LogP contribution in [0.15, 0.2) is 0 Å². The molecule has 0 aromatic heterocycles. The molecule has 2 atom stereocenters. The highest BCUT2D eigenvalue weighted by molar-refractivity contribution is 5.99. The monoisotopic (exact) mass is 257 g/mol. The summed E-state index contributed by atoms with van der Waals surface area (Å²) >= 11 is 0. The Labute approximate surface area is 108 Å². The minimum Gasteiger partial charge on any atom is -0.480 e. The van der Waals surface area contributed by atoms with Gasteiger partial charge in [0.05, 0.1) is 0 Å². The molecule has 3 N–H and O–H groups in total. The molecular formula is C13H23NO4. The zero-order valence-electron chi connectivity index (χ0n) is 11.4. The van der Waals surface area contributed by atoms with Crippen LogP contribution in [0.1, 0.15) is 46.5 Å². The Morgan fingerprint density at radius 1 is 1.39 bits per heavy atom. The first-order valence-corrected chi connectivity index (χ1v) is 6.41. The Bertz CT molecular complexity index is 334. The smallest absolute Gasteiger partial charge is 0.324 e. The topological polar surface area (TPSA) is 89.6 Å². The van der Waals surface area contributed by atoms with Crippen LogP contribution < -0.4 is 5.73 Å². The number of esters is 1. The van der Waals surface area contributed by atoms with Crippen molar-refractivity contribution in [2.45, 2.75) is 52.1 Å². The van der Waals surface area contributed by atoms with Crippen molar-refractivity contribution in [3.05, 3.63) is 0 Å². The molecule has 1 aliphatic rings. The fraction of sp³-hybridized carbons (Fsp3) is 0.846. The molecule has 18 heavy (non-hydrogen) atoms. The maximum atomic E-state index is 12.3. The van der Waals surface area contributed by atoms with E-state index in [0.29, 0.717) is 12.8 Å². The number of carboxylic acids is 1. The van der Waals surface area contributed by atoms with Crippen molar-refractivity contribution < 1.29 is 19.4 Å². The lowest BCUT2D eigenvalue weighted by atomic mass is 9.66. The number of nitrogens with two attached hydrogens (primary N) is 1. The molecule has 1 rings (SSSR count). The van der Waals surface area contributed by atoms with Gasteiger partial charge in [0.2, 0.25) is 0 Å². The minimum absolute atomic E-state index is 0.200. The van der Waals surface area contributed by atoms with Gasteiger partial charge in [-0.25, -0.2) is 0 Å². The van der Waals surface area contributed by atoms with E-state index in [1.54, 1.807) is 20.8 Å². The van der Waals surface area contributed by atoms with Gasteiger partial charge >= 0.3 is 11.9 Å². The molecule has 104 valence electrons. The number of ether oxygens (including phenoxy) is 1. The lowest BCUT2D eigenvalue weighted by Crippen LogP contribution is -2.52. The molecular weight excluding hydrogens is 234 g/mol. The summed E-state index contributed by atoms with van der Waals surface area (Å²) in [4.78, 5) is 23.9. The first-order valence-electron chi connectivity index (χ1n) is 6.41. The van der Waals surface area contributed by atoms with Crippen molar-refractivity contribution in [3.8, 4) is 0 Å². The minimum atomic E-state index is -1.46. The molecule has 0 heterocycles. The van der Waals surface area contributed by atoms with E-state index in [2.05, 4.69) is 0 Å². The molecule has 0 saturated heterocycles.